The van der Waals surface area contributed by atoms with Crippen molar-refractivity contribution in [1.29, 1.82) is 0 Å². The minimum Gasteiger partial charge on any atom is -0.394 e. The van der Waals surface area contributed by atoms with Crippen molar-refractivity contribution in [2.75, 3.05) is 13.2 Å². The molecule has 0 bridgehead atoms. The third kappa shape index (κ3) is 2.22. The van der Waals surface area contributed by atoms with Crippen LogP contribution in [0.1, 0.15) is 13.3 Å². The third-order valence-corrected chi connectivity index (χ3v) is 2.29. The lowest BCUT2D eigenvalue weighted by Crippen LogP contribution is -2.27. The summed E-state index contributed by atoms with van der Waals surface area (Å²) in [6.45, 7) is 4.82. The van der Waals surface area contributed by atoms with Crippen molar-refractivity contribution >= 4 is 7.28 Å². The van der Waals surface area contributed by atoms with Gasteiger partial charge in [0, 0.05) is 12.6 Å². The number of hydrogen-bond acceptors (Lipinski definition) is 3. The lowest BCUT2D eigenvalue weighted by atomic mass is 9.73. The van der Waals surface area contributed by atoms with Gasteiger partial charge in [0.25, 0.3) is 0 Å². The van der Waals surface area contributed by atoms with Crippen LogP contribution in [-0.2, 0) is 9.47 Å². The molecule has 0 aromatic carbocycles. The second kappa shape index (κ2) is 4.85. The van der Waals surface area contributed by atoms with E-state index in [4.69, 9.17) is 14.6 Å². The summed E-state index contributed by atoms with van der Waals surface area (Å²) in [5, 5.41) is 8.97. The quantitative estimate of drug-likeness (QED) is 0.606. The topological polar surface area (TPSA) is 38.7 Å². The average molecular weight is 172 g/mol. The molecule has 0 spiro atoms. The SMILES string of the molecule is CB[C@H]1CC(OCC)[C@@H](CO)O1. The van der Waals surface area contributed by atoms with Gasteiger partial charge in [-0.25, -0.2) is 0 Å². The highest BCUT2D eigenvalue weighted by molar-refractivity contribution is 6.35. The molecule has 1 rings (SSSR count). The Morgan fingerprint density at radius 3 is 2.92 bits per heavy atom. The fraction of sp³-hybridized carbons (Fsp3) is 1.00. The molecule has 4 heteroatoms. The van der Waals surface area contributed by atoms with Crippen LogP contribution in [0.25, 0.3) is 0 Å². The molecular formula is C8H17BO3. The van der Waals surface area contributed by atoms with Crippen LogP contribution >= 0.6 is 0 Å². The van der Waals surface area contributed by atoms with Crippen molar-refractivity contribution in [3.05, 3.63) is 0 Å². The van der Waals surface area contributed by atoms with Gasteiger partial charge in [-0.15, -0.1) is 0 Å². The zero-order chi connectivity index (χ0) is 8.97. The van der Waals surface area contributed by atoms with Crippen LogP contribution in [0.15, 0.2) is 0 Å². The first-order valence-corrected chi connectivity index (χ1v) is 4.69. The summed E-state index contributed by atoms with van der Waals surface area (Å²) < 4.78 is 11.0. The first-order valence-electron chi connectivity index (χ1n) is 4.69. The van der Waals surface area contributed by atoms with Crippen LogP contribution in [0.2, 0.25) is 6.82 Å². The summed E-state index contributed by atoms with van der Waals surface area (Å²) >= 11 is 0. The molecule has 0 aliphatic carbocycles. The Morgan fingerprint density at radius 1 is 1.67 bits per heavy atom. The van der Waals surface area contributed by atoms with Crippen LogP contribution < -0.4 is 0 Å². The lowest BCUT2D eigenvalue weighted by Gasteiger charge is -2.15. The van der Waals surface area contributed by atoms with Gasteiger partial charge in [0.2, 0.25) is 0 Å². The van der Waals surface area contributed by atoms with Crippen molar-refractivity contribution in [1.82, 2.24) is 0 Å². The predicted molar refractivity (Wildman–Crippen MR) is 48.8 cm³/mol. The van der Waals surface area contributed by atoms with E-state index >= 15 is 0 Å². The second-order valence-electron chi connectivity index (χ2n) is 3.12. The highest BCUT2D eigenvalue weighted by Crippen LogP contribution is 2.22. The van der Waals surface area contributed by atoms with Gasteiger partial charge in [0.1, 0.15) is 6.10 Å². The molecule has 0 radical (unpaired) electrons. The summed E-state index contributed by atoms with van der Waals surface area (Å²) in [4.78, 5) is 0. The van der Waals surface area contributed by atoms with Crippen LogP contribution in [0.5, 0.6) is 0 Å². The summed E-state index contributed by atoms with van der Waals surface area (Å²) in [6, 6.07) is 0.277. The molecule has 1 saturated heterocycles. The van der Waals surface area contributed by atoms with Gasteiger partial charge in [-0.05, 0) is 13.3 Å². The summed E-state index contributed by atoms with van der Waals surface area (Å²) in [5.41, 5.74) is 0. The maximum atomic E-state index is 8.97. The number of aliphatic hydroxyl groups excluding tert-OH is 1. The first kappa shape index (κ1) is 10.0. The van der Waals surface area contributed by atoms with Crippen LogP contribution in [0, 0.1) is 0 Å². The minimum atomic E-state index is -0.102. The molecular weight excluding hydrogens is 155 g/mol. The van der Waals surface area contributed by atoms with E-state index in [1.165, 1.54) is 0 Å². The third-order valence-electron chi connectivity index (χ3n) is 2.29. The molecule has 1 heterocycles. The Morgan fingerprint density at radius 2 is 2.42 bits per heavy atom. The van der Waals surface area contributed by atoms with Gasteiger partial charge in [-0.3, -0.25) is 0 Å². The molecule has 1 unspecified atom stereocenters. The Bertz CT molecular complexity index is 131. The smallest absolute Gasteiger partial charge is 0.154 e. The summed E-state index contributed by atoms with van der Waals surface area (Å²) in [7, 11) is 1.00. The van der Waals surface area contributed by atoms with Crippen molar-refractivity contribution in [2.24, 2.45) is 0 Å². The van der Waals surface area contributed by atoms with E-state index < -0.39 is 0 Å². The normalized spacial score (nSPS) is 35.4. The molecule has 3 nitrogen and oxygen atoms in total. The monoisotopic (exact) mass is 172 g/mol. The molecule has 0 saturated carbocycles. The van der Waals surface area contributed by atoms with E-state index in [0.29, 0.717) is 6.61 Å². The number of ether oxygens (including phenoxy) is 2. The Kier molecular flexibility index (Phi) is 4.05. The van der Waals surface area contributed by atoms with Crippen molar-refractivity contribution in [2.45, 2.75) is 38.4 Å². The van der Waals surface area contributed by atoms with Gasteiger partial charge in [0.05, 0.1) is 12.7 Å². The van der Waals surface area contributed by atoms with E-state index in [0.717, 1.165) is 13.7 Å². The van der Waals surface area contributed by atoms with Gasteiger partial charge in [0.15, 0.2) is 7.28 Å². The largest absolute Gasteiger partial charge is 0.394 e. The second-order valence-corrected chi connectivity index (χ2v) is 3.12. The molecule has 0 aromatic heterocycles. The van der Waals surface area contributed by atoms with Crippen molar-refractivity contribution in [3.8, 4) is 0 Å². The maximum Gasteiger partial charge on any atom is 0.154 e. The first-order chi connectivity index (χ1) is 5.81. The van der Waals surface area contributed by atoms with Crippen molar-refractivity contribution < 1.29 is 14.6 Å². The maximum absolute atomic E-state index is 8.97. The predicted octanol–water partition coefficient (Wildman–Crippen LogP) is -0.0166. The van der Waals surface area contributed by atoms with Gasteiger partial charge < -0.3 is 14.6 Å². The number of rotatable bonds is 4. The van der Waals surface area contributed by atoms with Crippen LogP contribution in [0.3, 0.4) is 0 Å². The molecule has 12 heavy (non-hydrogen) atoms. The number of aliphatic hydroxyl groups is 1. The Hall–Kier alpha value is -0.0551. The van der Waals surface area contributed by atoms with Gasteiger partial charge >= 0.3 is 0 Å². The standard InChI is InChI=1S/C8H17BO3/c1-3-11-6-4-8(9-2)12-7(6)5-10/h6-10H,3-5H2,1-2H3/t6?,7-,8-/m1/s1. The highest BCUT2D eigenvalue weighted by Gasteiger charge is 2.34. The lowest BCUT2D eigenvalue weighted by molar-refractivity contribution is -0.0340. The van der Waals surface area contributed by atoms with Crippen LogP contribution in [-0.4, -0.2) is 43.8 Å². The summed E-state index contributed by atoms with van der Waals surface area (Å²) in [5.74, 6) is 0. The van der Waals surface area contributed by atoms with E-state index in [1.807, 2.05) is 6.92 Å². The average Bonchev–Trinajstić information content (AvgIpc) is 2.48. The fourth-order valence-electron chi connectivity index (χ4n) is 1.61. The van der Waals surface area contributed by atoms with E-state index in [-0.39, 0.29) is 24.8 Å². The Balaban J connectivity index is 2.39. The molecule has 1 N–H and O–H groups in total. The zero-order valence-corrected chi connectivity index (χ0v) is 7.82. The van der Waals surface area contributed by atoms with E-state index in [9.17, 15) is 0 Å². The van der Waals surface area contributed by atoms with E-state index in [1.54, 1.807) is 0 Å². The molecule has 1 fully saturated rings. The molecule has 3 atom stereocenters. The highest BCUT2D eigenvalue weighted by atomic mass is 16.6. The van der Waals surface area contributed by atoms with Crippen molar-refractivity contribution in [3.63, 3.8) is 0 Å². The van der Waals surface area contributed by atoms with Crippen LogP contribution in [0.4, 0.5) is 0 Å². The fourth-order valence-corrected chi connectivity index (χ4v) is 1.61. The van der Waals surface area contributed by atoms with Gasteiger partial charge in [-0.1, -0.05) is 6.82 Å². The summed E-state index contributed by atoms with van der Waals surface area (Å²) in [6.07, 6.45) is 0.926. The Labute approximate surface area is 74.3 Å². The zero-order valence-electron chi connectivity index (χ0n) is 7.82. The molecule has 1 aliphatic rings. The van der Waals surface area contributed by atoms with Gasteiger partial charge in [-0.2, -0.15) is 0 Å². The number of hydrogen-bond donors (Lipinski definition) is 1. The molecule has 70 valence electrons. The van der Waals surface area contributed by atoms with E-state index in [2.05, 4.69) is 6.82 Å². The molecule has 1 aliphatic heterocycles. The minimum absolute atomic E-state index is 0.0706. The molecule has 0 aromatic rings. The molecule has 0 amide bonds.